The number of rotatable bonds is 5. The number of aromatic carboxylic acids is 1. The van der Waals surface area contributed by atoms with Crippen LogP contribution in [0.15, 0.2) is 65.2 Å². The minimum atomic E-state index is -4.79. The number of nitrogens with zero attached hydrogens (tertiary/aromatic N) is 2. The van der Waals surface area contributed by atoms with Crippen LogP contribution in [0, 0.1) is 0 Å². The third-order valence-electron chi connectivity index (χ3n) is 4.27. The molecular formula is C21H12F3N3O5. The van der Waals surface area contributed by atoms with E-state index in [4.69, 9.17) is 9.52 Å². The predicted molar refractivity (Wildman–Crippen MR) is 105 cm³/mol. The summed E-state index contributed by atoms with van der Waals surface area (Å²) in [7, 11) is 0. The summed E-state index contributed by atoms with van der Waals surface area (Å²) in [6, 6.07) is 12.1. The topological polar surface area (TPSA) is 115 Å². The van der Waals surface area contributed by atoms with Gasteiger partial charge in [0.05, 0.1) is 5.56 Å². The van der Waals surface area contributed by atoms with E-state index in [0.29, 0.717) is 16.6 Å². The van der Waals surface area contributed by atoms with E-state index in [9.17, 15) is 22.8 Å². The number of carbonyl (C=O) groups is 2. The second-order valence-electron chi connectivity index (χ2n) is 6.46. The molecule has 4 aromatic rings. The molecule has 0 fully saturated rings. The van der Waals surface area contributed by atoms with Crippen molar-refractivity contribution in [1.29, 1.82) is 0 Å². The van der Waals surface area contributed by atoms with E-state index < -0.39 is 18.2 Å². The van der Waals surface area contributed by atoms with Gasteiger partial charge in [0.15, 0.2) is 5.58 Å². The highest BCUT2D eigenvalue weighted by Crippen LogP contribution is 2.27. The minimum Gasteiger partial charge on any atom is -0.478 e. The molecular weight excluding hydrogens is 431 g/mol. The number of anilines is 1. The zero-order valence-electron chi connectivity index (χ0n) is 15.9. The van der Waals surface area contributed by atoms with Gasteiger partial charge in [0.2, 0.25) is 0 Å². The van der Waals surface area contributed by atoms with Crippen LogP contribution in [0.25, 0.3) is 22.2 Å². The van der Waals surface area contributed by atoms with Crippen LogP contribution in [0.5, 0.6) is 5.75 Å². The molecule has 0 aliphatic rings. The highest BCUT2D eigenvalue weighted by Gasteiger charge is 2.31. The Balaban J connectivity index is 1.52. The number of aromatic nitrogens is 2. The molecule has 0 aliphatic carbocycles. The predicted octanol–water partition coefficient (Wildman–Crippen LogP) is 4.74. The van der Waals surface area contributed by atoms with Crippen molar-refractivity contribution in [3.63, 3.8) is 0 Å². The molecule has 0 saturated heterocycles. The molecule has 0 saturated carbocycles. The van der Waals surface area contributed by atoms with E-state index in [1.54, 1.807) is 6.07 Å². The average molecular weight is 443 g/mol. The lowest BCUT2D eigenvalue weighted by atomic mass is 10.1. The van der Waals surface area contributed by atoms with Gasteiger partial charge in [-0.15, -0.1) is 13.2 Å². The van der Waals surface area contributed by atoms with Gasteiger partial charge in [-0.1, -0.05) is 12.1 Å². The van der Waals surface area contributed by atoms with Gasteiger partial charge >= 0.3 is 18.3 Å². The van der Waals surface area contributed by atoms with Crippen molar-refractivity contribution in [2.45, 2.75) is 6.36 Å². The molecule has 2 aromatic carbocycles. The van der Waals surface area contributed by atoms with Crippen LogP contribution in [0.1, 0.15) is 20.8 Å². The molecule has 0 bridgehead atoms. The van der Waals surface area contributed by atoms with Gasteiger partial charge in [0.25, 0.3) is 5.91 Å². The lowest BCUT2D eigenvalue weighted by Gasteiger charge is -2.09. The Hall–Kier alpha value is -4.41. The maximum absolute atomic E-state index is 12.5. The number of carbonyl (C=O) groups excluding carboxylic acids is 1. The standard InChI is InChI=1S/C21H12F3N3O5/c22-21(23,24)32-14-4-1-11(2-5-14)12-7-8-25-16(9-12)18(28)27-20-26-15-6-3-13(19(29)30)10-17(15)31-20/h1-10H,(H,29,30)(H,26,27,28). The third kappa shape index (κ3) is 4.67. The number of oxazole rings is 1. The number of fused-ring (bicyclic) bond motifs is 1. The molecule has 2 N–H and O–H groups in total. The fourth-order valence-corrected chi connectivity index (χ4v) is 2.86. The summed E-state index contributed by atoms with van der Waals surface area (Å²) in [5.41, 5.74) is 1.63. The van der Waals surface area contributed by atoms with Crippen molar-refractivity contribution in [3.05, 3.63) is 72.1 Å². The number of alkyl halides is 3. The highest BCUT2D eigenvalue weighted by molar-refractivity contribution is 6.03. The third-order valence-corrected chi connectivity index (χ3v) is 4.27. The van der Waals surface area contributed by atoms with Crippen molar-refractivity contribution in [1.82, 2.24) is 9.97 Å². The van der Waals surface area contributed by atoms with E-state index in [2.05, 4.69) is 20.0 Å². The average Bonchev–Trinajstić information content (AvgIpc) is 3.14. The van der Waals surface area contributed by atoms with E-state index in [-0.39, 0.29) is 28.6 Å². The number of carboxylic acid groups (broad SMARTS) is 1. The van der Waals surface area contributed by atoms with Gasteiger partial charge in [-0.05, 0) is 53.6 Å². The Kier molecular flexibility index (Phi) is 5.23. The maximum atomic E-state index is 12.5. The number of hydrogen-bond donors (Lipinski definition) is 2. The lowest BCUT2D eigenvalue weighted by molar-refractivity contribution is -0.274. The fraction of sp³-hybridized carbons (Fsp3) is 0.0476. The van der Waals surface area contributed by atoms with Crippen LogP contribution in [0.3, 0.4) is 0 Å². The van der Waals surface area contributed by atoms with Crippen LogP contribution in [-0.2, 0) is 0 Å². The lowest BCUT2D eigenvalue weighted by Crippen LogP contribution is -2.16. The zero-order valence-corrected chi connectivity index (χ0v) is 15.9. The number of carboxylic acids is 1. The van der Waals surface area contributed by atoms with Crippen LogP contribution in [-0.4, -0.2) is 33.3 Å². The quantitative estimate of drug-likeness (QED) is 0.458. The molecule has 2 heterocycles. The largest absolute Gasteiger partial charge is 0.573 e. The number of pyridine rings is 1. The Morgan fingerprint density at radius 2 is 1.75 bits per heavy atom. The number of nitrogens with one attached hydrogen (secondary N) is 1. The number of amides is 1. The summed E-state index contributed by atoms with van der Waals surface area (Å²) in [6.07, 6.45) is -3.42. The van der Waals surface area contributed by atoms with Crippen LogP contribution >= 0.6 is 0 Å². The zero-order chi connectivity index (χ0) is 22.9. The first-order chi connectivity index (χ1) is 15.2. The molecule has 32 heavy (non-hydrogen) atoms. The van der Waals surface area contributed by atoms with Gasteiger partial charge < -0.3 is 14.3 Å². The fourth-order valence-electron chi connectivity index (χ4n) is 2.86. The van der Waals surface area contributed by atoms with Crippen molar-refractivity contribution in [3.8, 4) is 16.9 Å². The van der Waals surface area contributed by atoms with E-state index in [0.717, 1.165) is 12.1 Å². The first-order valence-electron chi connectivity index (χ1n) is 8.95. The summed E-state index contributed by atoms with van der Waals surface area (Å²) in [5, 5.41) is 11.5. The summed E-state index contributed by atoms with van der Waals surface area (Å²) in [6.45, 7) is 0. The van der Waals surface area contributed by atoms with Crippen molar-refractivity contribution in [2.24, 2.45) is 0 Å². The first kappa shape index (κ1) is 20.8. The molecule has 8 nitrogen and oxygen atoms in total. The Morgan fingerprint density at radius 1 is 1.00 bits per heavy atom. The molecule has 1 amide bonds. The second kappa shape index (κ2) is 8.02. The van der Waals surface area contributed by atoms with E-state index >= 15 is 0 Å². The van der Waals surface area contributed by atoms with Crippen molar-refractivity contribution >= 4 is 29.0 Å². The smallest absolute Gasteiger partial charge is 0.478 e. The van der Waals surface area contributed by atoms with Gasteiger partial charge in [0.1, 0.15) is 17.0 Å². The molecule has 0 spiro atoms. The number of benzene rings is 2. The molecule has 0 radical (unpaired) electrons. The summed E-state index contributed by atoms with van der Waals surface area (Å²) >= 11 is 0. The number of halogens is 3. The summed E-state index contributed by atoms with van der Waals surface area (Å²) in [5.74, 6) is -2.14. The normalized spacial score (nSPS) is 11.3. The van der Waals surface area contributed by atoms with Crippen LogP contribution in [0.4, 0.5) is 19.2 Å². The Morgan fingerprint density at radius 3 is 2.44 bits per heavy atom. The van der Waals surface area contributed by atoms with Crippen molar-refractivity contribution < 1.29 is 37.0 Å². The van der Waals surface area contributed by atoms with Gasteiger partial charge in [0, 0.05) is 6.20 Å². The molecule has 11 heteroatoms. The van der Waals surface area contributed by atoms with Crippen LogP contribution < -0.4 is 10.1 Å². The summed E-state index contributed by atoms with van der Waals surface area (Å²) in [4.78, 5) is 31.7. The Labute approximate surface area is 177 Å². The van der Waals surface area contributed by atoms with E-state index in [1.165, 1.54) is 42.6 Å². The molecule has 4 rings (SSSR count). The summed E-state index contributed by atoms with van der Waals surface area (Å²) < 4.78 is 46.1. The van der Waals surface area contributed by atoms with Crippen LogP contribution in [0.2, 0.25) is 0 Å². The van der Waals surface area contributed by atoms with Gasteiger partial charge in [-0.25, -0.2) is 4.79 Å². The Bertz CT molecular complexity index is 1320. The SMILES string of the molecule is O=C(O)c1ccc2nc(NC(=O)c3cc(-c4ccc(OC(F)(F)F)cc4)ccn3)oc2c1. The highest BCUT2D eigenvalue weighted by atomic mass is 19.4. The molecule has 0 aliphatic heterocycles. The minimum absolute atomic E-state index is 0.00611. The first-order valence-corrected chi connectivity index (χ1v) is 8.95. The second-order valence-corrected chi connectivity index (χ2v) is 6.46. The number of hydrogen-bond acceptors (Lipinski definition) is 6. The van der Waals surface area contributed by atoms with Crippen molar-refractivity contribution in [2.75, 3.05) is 5.32 Å². The van der Waals surface area contributed by atoms with E-state index in [1.807, 2.05) is 0 Å². The molecule has 0 atom stereocenters. The molecule has 162 valence electrons. The maximum Gasteiger partial charge on any atom is 0.573 e. The number of ether oxygens (including phenoxy) is 1. The molecule has 0 unspecified atom stereocenters. The van der Waals surface area contributed by atoms with Gasteiger partial charge in [-0.3, -0.25) is 15.1 Å². The van der Waals surface area contributed by atoms with Gasteiger partial charge in [-0.2, -0.15) is 4.98 Å². The monoisotopic (exact) mass is 443 g/mol. The molecule has 2 aromatic heterocycles.